The Labute approximate surface area is 195 Å². The number of carbonyl (C=O) groups is 2. The molecule has 1 N–H and O–H groups in total. The lowest BCUT2D eigenvalue weighted by atomic mass is 9.72. The molecule has 32 heavy (non-hydrogen) atoms. The minimum absolute atomic E-state index is 0.0261. The summed E-state index contributed by atoms with van der Waals surface area (Å²) in [7, 11) is 2.26. The van der Waals surface area contributed by atoms with E-state index >= 15 is 0 Å². The van der Waals surface area contributed by atoms with Gasteiger partial charge in [0.25, 0.3) is 0 Å². The van der Waals surface area contributed by atoms with Gasteiger partial charge < -0.3 is 24.8 Å². The van der Waals surface area contributed by atoms with Gasteiger partial charge in [0.2, 0.25) is 5.91 Å². The van der Waals surface area contributed by atoms with Crippen molar-refractivity contribution in [3.63, 3.8) is 0 Å². The Morgan fingerprint density at radius 1 is 1.19 bits per heavy atom. The van der Waals surface area contributed by atoms with Crippen molar-refractivity contribution < 1.29 is 14.3 Å². The minimum Gasteiger partial charge on any atom is -0.447 e. The second kappa shape index (κ2) is 11.2. The van der Waals surface area contributed by atoms with E-state index in [9.17, 15) is 9.59 Å². The van der Waals surface area contributed by atoms with Crippen molar-refractivity contribution in [1.29, 1.82) is 0 Å². The lowest BCUT2D eigenvalue weighted by Gasteiger charge is -2.54. The number of hydrogen-bond acceptors (Lipinski definition) is 5. The van der Waals surface area contributed by atoms with Crippen LogP contribution in [0.4, 0.5) is 4.79 Å². The Balaban J connectivity index is 1.71. The van der Waals surface area contributed by atoms with Crippen LogP contribution in [0.15, 0.2) is 0 Å². The maximum absolute atomic E-state index is 13.0. The van der Waals surface area contributed by atoms with E-state index in [-0.39, 0.29) is 36.2 Å². The number of hydrogen-bond donors (Lipinski definition) is 1. The van der Waals surface area contributed by atoms with Gasteiger partial charge in [0.15, 0.2) is 0 Å². The van der Waals surface area contributed by atoms with Crippen molar-refractivity contribution in [2.24, 2.45) is 17.8 Å². The highest BCUT2D eigenvalue weighted by atomic mass is 16.6. The van der Waals surface area contributed by atoms with Crippen molar-refractivity contribution in [3.05, 3.63) is 0 Å². The monoisotopic (exact) mass is 450 g/mol. The maximum Gasteiger partial charge on any atom is 0.410 e. The Hall–Kier alpha value is -1.34. The summed E-state index contributed by atoms with van der Waals surface area (Å²) in [6.07, 6.45) is 5.14. The van der Waals surface area contributed by atoms with Gasteiger partial charge >= 0.3 is 6.09 Å². The summed E-state index contributed by atoms with van der Waals surface area (Å²) < 4.78 is 5.61. The first-order valence-electron chi connectivity index (χ1n) is 12.9. The fourth-order valence-electron chi connectivity index (χ4n) is 6.51. The molecule has 184 valence electrons. The largest absolute Gasteiger partial charge is 0.447 e. The van der Waals surface area contributed by atoms with Gasteiger partial charge in [-0.05, 0) is 84.3 Å². The van der Waals surface area contributed by atoms with Crippen LogP contribution in [0.25, 0.3) is 0 Å². The predicted molar refractivity (Wildman–Crippen MR) is 127 cm³/mol. The highest BCUT2D eigenvalue weighted by molar-refractivity contribution is 5.75. The third kappa shape index (κ3) is 5.96. The number of rotatable bonds is 7. The van der Waals surface area contributed by atoms with Gasteiger partial charge in [0, 0.05) is 32.6 Å². The summed E-state index contributed by atoms with van der Waals surface area (Å²) in [5.74, 6) is 2.07. The summed E-state index contributed by atoms with van der Waals surface area (Å²) in [5, 5.41) is 3.48. The van der Waals surface area contributed by atoms with Crippen LogP contribution in [0, 0.1) is 17.8 Å². The molecule has 0 spiro atoms. The molecule has 0 aromatic rings. The Kier molecular flexibility index (Phi) is 8.84. The first-order chi connectivity index (χ1) is 15.2. The summed E-state index contributed by atoms with van der Waals surface area (Å²) in [5.41, 5.74) is 0. The standard InChI is InChI=1S/C25H46N4O3/c1-7-21(16-27(6)15-20-10-11-26-13-20)22-8-9-23-24(12-22)28(25(31)32-17(2)3)14-18(4)29(23)19(5)30/h17-18,20-24,26H,7-16H2,1-6H3/t18-,20?,21?,22?,23?,24?/m0/s1. The summed E-state index contributed by atoms with van der Waals surface area (Å²) >= 11 is 0. The van der Waals surface area contributed by atoms with Crippen molar-refractivity contribution in [2.75, 3.05) is 39.8 Å². The zero-order valence-electron chi connectivity index (χ0n) is 21.2. The van der Waals surface area contributed by atoms with E-state index in [1.165, 1.54) is 6.42 Å². The molecule has 7 nitrogen and oxygen atoms in total. The van der Waals surface area contributed by atoms with Crippen molar-refractivity contribution in [3.8, 4) is 0 Å². The van der Waals surface area contributed by atoms with Gasteiger partial charge in [0.1, 0.15) is 0 Å². The number of fused-ring (bicyclic) bond motifs is 1. The molecule has 3 rings (SSSR count). The first kappa shape index (κ1) is 25.3. The van der Waals surface area contributed by atoms with Crippen LogP contribution < -0.4 is 5.32 Å². The molecule has 1 aliphatic carbocycles. The number of ether oxygens (including phenoxy) is 1. The van der Waals surface area contributed by atoms with E-state index in [0.29, 0.717) is 18.4 Å². The smallest absolute Gasteiger partial charge is 0.410 e. The zero-order valence-corrected chi connectivity index (χ0v) is 21.2. The molecule has 2 aliphatic heterocycles. The van der Waals surface area contributed by atoms with Crippen molar-refractivity contribution >= 4 is 12.0 Å². The van der Waals surface area contributed by atoms with Crippen LogP contribution in [0.1, 0.15) is 66.7 Å². The normalized spacial score (nSPS) is 31.7. The molecule has 5 unspecified atom stereocenters. The average Bonchev–Trinajstić information content (AvgIpc) is 3.23. The van der Waals surface area contributed by atoms with E-state index in [1.54, 1.807) is 6.92 Å². The number of nitrogens with one attached hydrogen (secondary N) is 1. The highest BCUT2D eigenvalue weighted by Gasteiger charge is 2.47. The Morgan fingerprint density at radius 2 is 1.94 bits per heavy atom. The molecule has 0 radical (unpaired) electrons. The Morgan fingerprint density at radius 3 is 2.53 bits per heavy atom. The molecular weight excluding hydrogens is 404 g/mol. The topological polar surface area (TPSA) is 65.1 Å². The van der Waals surface area contributed by atoms with Gasteiger partial charge in [-0.2, -0.15) is 0 Å². The van der Waals surface area contributed by atoms with Crippen LogP contribution in [0.5, 0.6) is 0 Å². The van der Waals surface area contributed by atoms with Crippen LogP contribution in [-0.2, 0) is 9.53 Å². The van der Waals surface area contributed by atoms with Crippen LogP contribution in [0.2, 0.25) is 0 Å². The van der Waals surface area contributed by atoms with E-state index < -0.39 is 0 Å². The number of nitrogens with zero attached hydrogens (tertiary/aromatic N) is 3. The Bertz CT molecular complexity index is 637. The van der Waals surface area contributed by atoms with E-state index in [2.05, 4.69) is 31.1 Å². The molecule has 1 saturated carbocycles. The van der Waals surface area contributed by atoms with E-state index in [0.717, 1.165) is 57.8 Å². The molecule has 0 bridgehead atoms. The minimum atomic E-state index is -0.218. The quantitative estimate of drug-likeness (QED) is 0.645. The van der Waals surface area contributed by atoms with Gasteiger partial charge in [0.05, 0.1) is 18.2 Å². The number of piperazine rings is 1. The average molecular weight is 451 g/mol. The first-order valence-corrected chi connectivity index (χ1v) is 12.9. The van der Waals surface area contributed by atoms with Gasteiger partial charge in [-0.15, -0.1) is 0 Å². The second-order valence-corrected chi connectivity index (χ2v) is 10.8. The molecular formula is C25H46N4O3. The number of carbonyl (C=O) groups excluding carboxylic acids is 2. The van der Waals surface area contributed by atoms with Gasteiger partial charge in [-0.25, -0.2) is 4.79 Å². The van der Waals surface area contributed by atoms with E-state index in [4.69, 9.17) is 4.74 Å². The molecule has 2 heterocycles. The lowest BCUT2D eigenvalue weighted by molar-refractivity contribution is -0.142. The predicted octanol–water partition coefficient (Wildman–Crippen LogP) is 3.19. The van der Waals surface area contributed by atoms with Gasteiger partial charge in [-0.3, -0.25) is 4.79 Å². The molecule has 2 amide bonds. The molecule has 3 aliphatic rings. The molecule has 6 atom stereocenters. The van der Waals surface area contributed by atoms with Crippen LogP contribution in [0.3, 0.4) is 0 Å². The third-order valence-electron chi connectivity index (χ3n) is 7.92. The fourth-order valence-corrected chi connectivity index (χ4v) is 6.51. The zero-order chi connectivity index (χ0) is 23.4. The summed E-state index contributed by atoms with van der Waals surface area (Å²) in [6.45, 7) is 14.9. The molecule has 7 heteroatoms. The molecule has 2 saturated heterocycles. The summed E-state index contributed by atoms with van der Waals surface area (Å²) in [6, 6.07) is 0.184. The van der Waals surface area contributed by atoms with E-state index in [1.807, 2.05) is 23.6 Å². The lowest BCUT2D eigenvalue weighted by Crippen LogP contribution is -2.67. The third-order valence-corrected chi connectivity index (χ3v) is 7.92. The highest BCUT2D eigenvalue weighted by Crippen LogP contribution is 2.40. The van der Waals surface area contributed by atoms with Crippen molar-refractivity contribution in [2.45, 2.75) is 91.0 Å². The SMILES string of the molecule is CCC(CN(C)CC1CCNC1)C1CCC2C(C1)N(C(=O)OC(C)C)C[C@H](C)N2C(C)=O. The second-order valence-electron chi connectivity index (χ2n) is 10.8. The number of amides is 2. The molecule has 3 fully saturated rings. The molecule has 0 aromatic heterocycles. The van der Waals surface area contributed by atoms with Crippen LogP contribution in [-0.4, -0.2) is 90.7 Å². The summed E-state index contributed by atoms with van der Waals surface area (Å²) in [4.78, 5) is 32.0. The maximum atomic E-state index is 13.0. The fraction of sp³-hybridized carbons (Fsp3) is 0.920. The van der Waals surface area contributed by atoms with Crippen LogP contribution >= 0.6 is 0 Å². The van der Waals surface area contributed by atoms with Gasteiger partial charge in [-0.1, -0.05) is 13.3 Å². The van der Waals surface area contributed by atoms with Crippen molar-refractivity contribution in [1.82, 2.24) is 20.0 Å². The molecule has 0 aromatic carbocycles.